The van der Waals surface area contributed by atoms with Gasteiger partial charge in [0.05, 0.1) is 4.90 Å². The van der Waals surface area contributed by atoms with E-state index in [0.717, 1.165) is 25.0 Å². The first kappa shape index (κ1) is 19.4. The van der Waals surface area contributed by atoms with E-state index in [-0.39, 0.29) is 28.6 Å². The maximum Gasteiger partial charge on any atom is 0.254 e. The second-order valence-electron chi connectivity index (χ2n) is 6.77. The summed E-state index contributed by atoms with van der Waals surface area (Å²) in [6, 6.07) is 7.48. The topological polar surface area (TPSA) is 66.5 Å². The summed E-state index contributed by atoms with van der Waals surface area (Å²) in [5.41, 5.74) is 1.000. The Morgan fingerprint density at radius 2 is 1.89 bits per heavy atom. The Morgan fingerprint density at radius 3 is 2.52 bits per heavy atom. The molecule has 0 aromatic heterocycles. The Hall–Kier alpha value is -2.32. The summed E-state index contributed by atoms with van der Waals surface area (Å²) in [6.45, 7) is 1.63. The van der Waals surface area contributed by atoms with Crippen molar-refractivity contribution in [2.45, 2.75) is 37.2 Å². The standard InChI is InChI=1S/C19H20F2N2O3S/c1-12-3-8-16(27(25,26)22-15-6-7-15)10-17(12)19(24)23(2)11-13-4-5-14(20)9-18(13)21/h3-5,8-10,15,22H,6-7,11H2,1-2H3. The van der Waals surface area contributed by atoms with Gasteiger partial charge in [0, 0.05) is 36.8 Å². The average molecular weight is 394 g/mol. The lowest BCUT2D eigenvalue weighted by atomic mass is 10.1. The SMILES string of the molecule is Cc1ccc(S(=O)(=O)NC2CC2)cc1C(=O)N(C)Cc1ccc(F)cc1F. The first-order valence-electron chi connectivity index (χ1n) is 8.50. The van der Waals surface area contributed by atoms with Crippen molar-refractivity contribution in [1.82, 2.24) is 9.62 Å². The van der Waals surface area contributed by atoms with Gasteiger partial charge in [0.25, 0.3) is 5.91 Å². The predicted molar refractivity (Wildman–Crippen MR) is 96.7 cm³/mol. The van der Waals surface area contributed by atoms with Crippen LogP contribution in [-0.2, 0) is 16.6 Å². The van der Waals surface area contributed by atoms with Crippen LogP contribution in [0.25, 0.3) is 0 Å². The lowest BCUT2D eigenvalue weighted by Crippen LogP contribution is -2.29. The number of benzene rings is 2. The third-order valence-corrected chi connectivity index (χ3v) is 5.94. The number of rotatable bonds is 6. The molecule has 0 aliphatic heterocycles. The van der Waals surface area contributed by atoms with Crippen LogP contribution in [0, 0.1) is 18.6 Å². The Morgan fingerprint density at radius 1 is 1.19 bits per heavy atom. The van der Waals surface area contributed by atoms with E-state index < -0.39 is 27.6 Å². The fourth-order valence-corrected chi connectivity index (χ4v) is 4.00. The normalized spacial score (nSPS) is 14.2. The summed E-state index contributed by atoms with van der Waals surface area (Å²) < 4.78 is 54.2. The van der Waals surface area contributed by atoms with Gasteiger partial charge in [-0.1, -0.05) is 12.1 Å². The molecule has 3 rings (SSSR count). The summed E-state index contributed by atoms with van der Waals surface area (Å²) in [4.78, 5) is 14.1. The van der Waals surface area contributed by atoms with Crippen molar-refractivity contribution >= 4 is 15.9 Å². The van der Waals surface area contributed by atoms with Gasteiger partial charge in [0.2, 0.25) is 10.0 Å². The van der Waals surface area contributed by atoms with Crippen LogP contribution >= 0.6 is 0 Å². The fraction of sp³-hybridized carbons (Fsp3) is 0.316. The van der Waals surface area contributed by atoms with Crippen LogP contribution in [0.15, 0.2) is 41.3 Å². The smallest absolute Gasteiger partial charge is 0.254 e. The molecule has 1 aliphatic rings. The minimum atomic E-state index is -3.69. The molecule has 0 heterocycles. The number of hydrogen-bond donors (Lipinski definition) is 1. The van der Waals surface area contributed by atoms with E-state index >= 15 is 0 Å². The maximum absolute atomic E-state index is 13.8. The first-order valence-corrected chi connectivity index (χ1v) is 9.98. The van der Waals surface area contributed by atoms with Gasteiger partial charge in [0.1, 0.15) is 11.6 Å². The van der Waals surface area contributed by atoms with E-state index in [9.17, 15) is 22.0 Å². The number of amides is 1. The van der Waals surface area contributed by atoms with Crippen molar-refractivity contribution in [3.8, 4) is 0 Å². The molecule has 1 saturated carbocycles. The molecule has 0 atom stereocenters. The Bertz CT molecular complexity index is 988. The molecule has 27 heavy (non-hydrogen) atoms. The lowest BCUT2D eigenvalue weighted by molar-refractivity contribution is 0.0783. The number of carbonyl (C=O) groups excluding carboxylic acids is 1. The number of carbonyl (C=O) groups is 1. The van der Waals surface area contributed by atoms with Crippen LogP contribution in [-0.4, -0.2) is 32.3 Å². The quantitative estimate of drug-likeness (QED) is 0.819. The van der Waals surface area contributed by atoms with Gasteiger partial charge in [-0.3, -0.25) is 4.79 Å². The molecule has 5 nitrogen and oxygen atoms in total. The predicted octanol–water partition coefficient (Wildman–Crippen LogP) is 2.99. The number of nitrogens with one attached hydrogen (secondary N) is 1. The van der Waals surface area contributed by atoms with E-state index in [1.54, 1.807) is 13.0 Å². The van der Waals surface area contributed by atoms with Gasteiger partial charge in [-0.25, -0.2) is 21.9 Å². The molecule has 0 unspecified atom stereocenters. The molecule has 2 aromatic carbocycles. The van der Waals surface area contributed by atoms with Crippen molar-refractivity contribution in [3.05, 3.63) is 64.7 Å². The van der Waals surface area contributed by atoms with Crippen LogP contribution in [0.5, 0.6) is 0 Å². The zero-order chi connectivity index (χ0) is 19.8. The van der Waals surface area contributed by atoms with Gasteiger partial charge in [-0.15, -0.1) is 0 Å². The number of aryl methyl sites for hydroxylation is 1. The largest absolute Gasteiger partial charge is 0.337 e. The third kappa shape index (κ3) is 4.51. The number of sulfonamides is 1. The van der Waals surface area contributed by atoms with Crippen molar-refractivity contribution in [2.75, 3.05) is 7.05 Å². The molecule has 1 aliphatic carbocycles. The number of hydrogen-bond acceptors (Lipinski definition) is 3. The summed E-state index contributed by atoms with van der Waals surface area (Å²) in [7, 11) is -2.21. The minimum Gasteiger partial charge on any atom is -0.337 e. The molecule has 0 spiro atoms. The van der Waals surface area contributed by atoms with E-state index in [0.29, 0.717) is 5.56 Å². The molecule has 0 saturated heterocycles. The molecule has 144 valence electrons. The zero-order valence-electron chi connectivity index (χ0n) is 15.0. The molecule has 1 N–H and O–H groups in total. The Balaban J connectivity index is 1.83. The van der Waals surface area contributed by atoms with Gasteiger partial charge >= 0.3 is 0 Å². The van der Waals surface area contributed by atoms with Crippen LogP contribution in [0.4, 0.5) is 8.78 Å². The van der Waals surface area contributed by atoms with Crippen LogP contribution in [0.3, 0.4) is 0 Å². The molecule has 2 aromatic rings. The Kier molecular flexibility index (Phi) is 5.30. The summed E-state index contributed by atoms with van der Waals surface area (Å²) in [6.07, 6.45) is 1.62. The molecular formula is C19H20F2N2O3S. The molecule has 1 fully saturated rings. The number of nitrogens with zero attached hydrogens (tertiary/aromatic N) is 1. The summed E-state index contributed by atoms with van der Waals surface area (Å²) >= 11 is 0. The second kappa shape index (κ2) is 7.36. The highest BCUT2D eigenvalue weighted by Gasteiger charge is 2.29. The van der Waals surface area contributed by atoms with Gasteiger partial charge < -0.3 is 4.90 Å². The highest BCUT2D eigenvalue weighted by Crippen LogP contribution is 2.24. The van der Waals surface area contributed by atoms with Crippen LogP contribution in [0.2, 0.25) is 0 Å². The van der Waals surface area contributed by atoms with Gasteiger partial charge in [-0.2, -0.15) is 0 Å². The average Bonchev–Trinajstić information content (AvgIpc) is 3.40. The highest BCUT2D eigenvalue weighted by molar-refractivity contribution is 7.89. The lowest BCUT2D eigenvalue weighted by Gasteiger charge is -2.19. The van der Waals surface area contributed by atoms with E-state index in [1.807, 2.05) is 0 Å². The maximum atomic E-state index is 13.8. The van der Waals surface area contributed by atoms with E-state index in [4.69, 9.17) is 0 Å². The third-order valence-electron chi connectivity index (χ3n) is 4.42. The van der Waals surface area contributed by atoms with Crippen molar-refractivity contribution in [1.29, 1.82) is 0 Å². The van der Waals surface area contributed by atoms with Gasteiger partial charge in [-0.05, 0) is 43.5 Å². The monoisotopic (exact) mass is 394 g/mol. The molecule has 0 radical (unpaired) electrons. The highest BCUT2D eigenvalue weighted by atomic mass is 32.2. The van der Waals surface area contributed by atoms with Crippen LogP contribution < -0.4 is 4.72 Å². The Labute approximate surface area is 157 Å². The van der Waals surface area contributed by atoms with Gasteiger partial charge in [0.15, 0.2) is 0 Å². The van der Waals surface area contributed by atoms with E-state index in [2.05, 4.69) is 4.72 Å². The van der Waals surface area contributed by atoms with Crippen molar-refractivity contribution in [3.63, 3.8) is 0 Å². The summed E-state index contributed by atoms with van der Waals surface area (Å²) in [5.74, 6) is -1.88. The second-order valence-corrected chi connectivity index (χ2v) is 8.48. The minimum absolute atomic E-state index is 0.0183. The summed E-state index contributed by atoms with van der Waals surface area (Å²) in [5, 5.41) is 0. The molecule has 1 amide bonds. The van der Waals surface area contributed by atoms with Crippen molar-refractivity contribution in [2.24, 2.45) is 0 Å². The first-order chi connectivity index (χ1) is 12.7. The molecular weight excluding hydrogens is 374 g/mol. The fourth-order valence-electron chi connectivity index (χ4n) is 2.67. The molecule has 8 heteroatoms. The zero-order valence-corrected chi connectivity index (χ0v) is 15.8. The number of halogens is 2. The van der Waals surface area contributed by atoms with Crippen molar-refractivity contribution < 1.29 is 22.0 Å². The van der Waals surface area contributed by atoms with Crippen LogP contribution in [0.1, 0.15) is 34.3 Å². The molecule has 0 bridgehead atoms. The van der Waals surface area contributed by atoms with E-state index in [1.165, 1.54) is 30.1 Å².